The summed E-state index contributed by atoms with van der Waals surface area (Å²) in [5.41, 5.74) is 0.119. The lowest BCUT2D eigenvalue weighted by Gasteiger charge is -2.45. The van der Waals surface area contributed by atoms with Crippen LogP contribution in [-0.2, 0) is 22.7 Å². The number of nitrogens with one attached hydrogen (secondary N) is 2. The molecule has 2 unspecified atom stereocenters. The molecule has 0 bridgehead atoms. The average molecular weight is 799 g/mol. The highest BCUT2D eigenvalue weighted by atomic mass is 32.2. The molecule has 4 aromatic carbocycles. The summed E-state index contributed by atoms with van der Waals surface area (Å²) >= 11 is 1.61. The number of benzene rings is 4. The number of nitro groups is 1. The van der Waals surface area contributed by atoms with Gasteiger partial charge in [0.05, 0.1) is 15.4 Å². The predicted octanol–water partition coefficient (Wildman–Crippen LogP) is 7.36. The fraction of sp³-hybridized carbons (Fsp3) is 0.359. The zero-order valence-electron chi connectivity index (χ0n) is 31.0. The van der Waals surface area contributed by atoms with Gasteiger partial charge in [-0.25, -0.2) is 13.1 Å². The lowest BCUT2D eigenvalue weighted by molar-refractivity contribution is -0.384. The van der Waals surface area contributed by atoms with Gasteiger partial charge in [0.15, 0.2) is 0 Å². The molecule has 3 atom stereocenters. The van der Waals surface area contributed by atoms with Crippen LogP contribution in [0.3, 0.4) is 0 Å². The van der Waals surface area contributed by atoms with Crippen LogP contribution in [0.25, 0.3) is 0 Å². The van der Waals surface area contributed by atoms with Gasteiger partial charge in [0.2, 0.25) is 0 Å². The summed E-state index contributed by atoms with van der Waals surface area (Å²) in [6, 6.07) is 24.8. The first-order valence-corrected chi connectivity index (χ1v) is 20.2. The molecule has 1 heterocycles. The third kappa shape index (κ3) is 11.0. The van der Waals surface area contributed by atoms with E-state index < -0.39 is 43.2 Å². The summed E-state index contributed by atoms with van der Waals surface area (Å²) in [4.78, 5) is 31.4. The Labute approximate surface area is 324 Å². The topological polar surface area (TPSA) is 128 Å². The molecule has 0 spiro atoms. The third-order valence-corrected chi connectivity index (χ3v) is 12.0. The maximum Gasteiger partial charge on any atom is 0.416 e. The van der Waals surface area contributed by atoms with Crippen LogP contribution in [0.2, 0.25) is 0 Å². The Balaban J connectivity index is 1.24. The quantitative estimate of drug-likeness (QED) is 0.0716. The number of halogens is 3. The number of thioether (sulfide) groups is 1. The van der Waals surface area contributed by atoms with Gasteiger partial charge in [-0.2, -0.15) is 13.2 Å². The summed E-state index contributed by atoms with van der Waals surface area (Å²) in [6.45, 7) is 5.81. The molecule has 5 rings (SSSR count). The van der Waals surface area contributed by atoms with Crippen molar-refractivity contribution in [1.82, 2.24) is 14.5 Å². The van der Waals surface area contributed by atoms with Crippen molar-refractivity contribution in [3.63, 3.8) is 0 Å². The minimum absolute atomic E-state index is 0.0586. The lowest BCUT2D eigenvalue weighted by atomic mass is 10.0. The number of hydrogen-bond acceptors (Lipinski definition) is 10. The van der Waals surface area contributed by atoms with Gasteiger partial charge in [-0.3, -0.25) is 19.8 Å². The second kappa shape index (κ2) is 17.9. The number of sulfonamides is 1. The first kappa shape index (κ1) is 41.5. The smallest absolute Gasteiger partial charge is 0.376 e. The standard InChI is InChI=1S/C39H45F3N6O5S2/c1-27-23-46(24-28(2)47(27)25-30-10-8-9-13-35(30)39(40,41)42)32-16-14-29(15-17-32)38(49)44-55(52,53)34-18-19-36(37(22-34)48(50)51)43-31(20-21-45(3)4)26-54-33-11-6-5-7-12-33/h5-19,22,27-28,31,43H,20-21,23-26H2,1-4H3,(H,44,49)/t27?,28?,31-/m1/s1. The summed E-state index contributed by atoms with van der Waals surface area (Å²) in [5.74, 6) is -0.300. The fourth-order valence-electron chi connectivity index (χ4n) is 6.57. The first-order valence-electron chi connectivity index (χ1n) is 17.7. The zero-order valence-corrected chi connectivity index (χ0v) is 32.6. The van der Waals surface area contributed by atoms with Gasteiger partial charge in [-0.05, 0) is 101 Å². The normalized spacial score (nSPS) is 17.2. The van der Waals surface area contributed by atoms with Crippen LogP contribution >= 0.6 is 11.8 Å². The molecule has 2 N–H and O–H groups in total. The van der Waals surface area contributed by atoms with E-state index in [4.69, 9.17) is 0 Å². The number of alkyl halides is 3. The monoisotopic (exact) mass is 798 g/mol. The van der Waals surface area contributed by atoms with Crippen molar-refractivity contribution in [1.29, 1.82) is 0 Å². The molecule has 1 fully saturated rings. The number of piperazine rings is 1. The molecule has 16 heteroatoms. The van der Waals surface area contributed by atoms with Crippen LogP contribution in [-0.4, -0.2) is 86.7 Å². The van der Waals surface area contributed by atoms with E-state index in [-0.39, 0.29) is 41.5 Å². The Morgan fingerprint density at radius 2 is 1.60 bits per heavy atom. The predicted molar refractivity (Wildman–Crippen MR) is 210 cm³/mol. The molecule has 1 aliphatic heterocycles. The highest BCUT2D eigenvalue weighted by Crippen LogP contribution is 2.34. The van der Waals surface area contributed by atoms with E-state index in [9.17, 15) is 36.5 Å². The average Bonchev–Trinajstić information content (AvgIpc) is 3.14. The van der Waals surface area contributed by atoms with Crippen molar-refractivity contribution in [2.45, 2.75) is 60.9 Å². The molecule has 294 valence electrons. The van der Waals surface area contributed by atoms with E-state index >= 15 is 0 Å². The SMILES string of the molecule is CC1CN(c2ccc(C(=O)NS(=O)(=O)c3ccc(N[C@H](CCN(C)C)CSc4ccccc4)c([N+](=O)[O-])c3)cc2)CC(C)N1Cc1ccccc1C(F)(F)F. The van der Waals surface area contributed by atoms with Gasteiger partial charge < -0.3 is 15.1 Å². The Bertz CT molecular complexity index is 2040. The molecule has 1 aliphatic rings. The molecular formula is C39H45F3N6O5S2. The molecule has 4 aromatic rings. The van der Waals surface area contributed by atoms with E-state index in [1.165, 1.54) is 36.4 Å². The zero-order chi connectivity index (χ0) is 39.9. The Morgan fingerprint density at radius 3 is 2.22 bits per heavy atom. The van der Waals surface area contributed by atoms with Crippen molar-refractivity contribution in [2.24, 2.45) is 0 Å². The second-order valence-corrected chi connectivity index (χ2v) is 16.7. The first-order chi connectivity index (χ1) is 26.0. The maximum atomic E-state index is 13.6. The number of anilines is 2. The second-order valence-electron chi connectivity index (χ2n) is 13.9. The van der Waals surface area contributed by atoms with Gasteiger partial charge in [-0.1, -0.05) is 36.4 Å². The van der Waals surface area contributed by atoms with E-state index in [1.807, 2.05) is 72.8 Å². The summed E-state index contributed by atoms with van der Waals surface area (Å²) in [7, 11) is -0.624. The number of carbonyl (C=O) groups is 1. The molecule has 11 nitrogen and oxygen atoms in total. The molecule has 0 aliphatic carbocycles. The third-order valence-electron chi connectivity index (χ3n) is 9.45. The number of hydrogen-bond donors (Lipinski definition) is 2. The highest BCUT2D eigenvalue weighted by molar-refractivity contribution is 7.99. The number of rotatable bonds is 15. The van der Waals surface area contributed by atoms with Crippen molar-refractivity contribution < 1.29 is 31.3 Å². The van der Waals surface area contributed by atoms with E-state index in [2.05, 4.69) is 10.2 Å². The molecule has 1 amide bonds. The molecule has 55 heavy (non-hydrogen) atoms. The minimum Gasteiger partial charge on any atom is -0.376 e. The van der Waals surface area contributed by atoms with Gasteiger partial charge in [0.1, 0.15) is 5.69 Å². The van der Waals surface area contributed by atoms with Crippen molar-refractivity contribution >= 4 is 44.8 Å². The fourth-order valence-corrected chi connectivity index (χ4v) is 8.56. The van der Waals surface area contributed by atoms with Gasteiger partial charge >= 0.3 is 6.18 Å². The van der Waals surface area contributed by atoms with Crippen LogP contribution in [0, 0.1) is 10.1 Å². The molecule has 0 saturated carbocycles. The van der Waals surface area contributed by atoms with Crippen LogP contribution in [0.15, 0.2) is 107 Å². The summed E-state index contributed by atoms with van der Waals surface area (Å²) in [6.07, 6.45) is -3.77. The van der Waals surface area contributed by atoms with Crippen LogP contribution < -0.4 is 14.9 Å². The van der Waals surface area contributed by atoms with Gasteiger partial charge in [0, 0.05) is 65.7 Å². The Morgan fingerprint density at radius 1 is 0.964 bits per heavy atom. The highest BCUT2D eigenvalue weighted by Gasteiger charge is 2.36. The van der Waals surface area contributed by atoms with Gasteiger partial charge in [-0.15, -0.1) is 11.8 Å². The number of carbonyl (C=O) groups excluding carboxylic acids is 1. The van der Waals surface area contributed by atoms with Crippen molar-refractivity contribution in [3.8, 4) is 0 Å². The van der Waals surface area contributed by atoms with E-state index in [0.29, 0.717) is 25.3 Å². The van der Waals surface area contributed by atoms with Crippen molar-refractivity contribution in [2.75, 3.05) is 49.7 Å². The number of amides is 1. The molecule has 0 aromatic heterocycles. The number of nitro benzene ring substituents is 1. The van der Waals surface area contributed by atoms with Gasteiger partial charge in [0.25, 0.3) is 21.6 Å². The minimum atomic E-state index is -4.50. The van der Waals surface area contributed by atoms with Crippen molar-refractivity contribution in [3.05, 3.63) is 124 Å². The van der Waals surface area contributed by atoms with E-state index in [1.54, 1.807) is 30.0 Å². The summed E-state index contributed by atoms with van der Waals surface area (Å²) in [5, 5.41) is 15.4. The molecule has 0 radical (unpaired) electrons. The summed E-state index contributed by atoms with van der Waals surface area (Å²) < 4.78 is 69.6. The van der Waals surface area contributed by atoms with Crippen LogP contribution in [0.4, 0.5) is 30.2 Å². The maximum absolute atomic E-state index is 13.6. The lowest BCUT2D eigenvalue weighted by Crippen LogP contribution is -2.56. The number of nitrogens with zero attached hydrogens (tertiary/aromatic N) is 4. The molecule has 1 saturated heterocycles. The molecular weight excluding hydrogens is 754 g/mol. The Hall–Kier alpha value is -4.64. The van der Waals surface area contributed by atoms with Crippen LogP contribution in [0.5, 0.6) is 0 Å². The Kier molecular flexibility index (Phi) is 13.5. The van der Waals surface area contributed by atoms with E-state index in [0.717, 1.165) is 29.3 Å². The van der Waals surface area contributed by atoms with Crippen LogP contribution in [0.1, 0.15) is 41.8 Å². The largest absolute Gasteiger partial charge is 0.416 e.